The molecule has 1 aliphatic heterocycles. The highest BCUT2D eigenvalue weighted by atomic mass is 32.1. The predicted octanol–water partition coefficient (Wildman–Crippen LogP) is 1.64. The summed E-state index contributed by atoms with van der Waals surface area (Å²) in [5, 5.41) is 8.90. The van der Waals surface area contributed by atoms with E-state index in [1.165, 1.54) is 24.2 Å². The van der Waals surface area contributed by atoms with Crippen LogP contribution in [0.3, 0.4) is 0 Å². The Balaban J connectivity index is 1.58. The zero-order valence-corrected chi connectivity index (χ0v) is 12.9. The Morgan fingerprint density at radius 2 is 2.43 bits per heavy atom. The third-order valence-electron chi connectivity index (χ3n) is 3.72. The van der Waals surface area contributed by atoms with E-state index < -0.39 is 0 Å². The molecule has 2 aliphatic rings. The molecule has 0 radical (unpaired) electrons. The zero-order chi connectivity index (χ0) is 14.7. The van der Waals surface area contributed by atoms with Crippen LogP contribution in [0.4, 0.5) is 5.13 Å². The van der Waals surface area contributed by atoms with Gasteiger partial charge in [-0.25, -0.2) is 4.98 Å². The minimum Gasteiger partial charge on any atom is -0.382 e. The molecule has 2 fully saturated rings. The van der Waals surface area contributed by atoms with Crippen LogP contribution in [0.1, 0.15) is 36.2 Å². The van der Waals surface area contributed by atoms with Gasteiger partial charge in [0.1, 0.15) is 5.69 Å². The van der Waals surface area contributed by atoms with E-state index in [-0.39, 0.29) is 18.1 Å². The molecule has 1 aliphatic carbocycles. The van der Waals surface area contributed by atoms with E-state index in [0.29, 0.717) is 18.3 Å². The summed E-state index contributed by atoms with van der Waals surface area (Å²) in [5.74, 6) is -0.160. The third-order valence-corrected chi connectivity index (χ3v) is 4.49. The fourth-order valence-electron chi connectivity index (χ4n) is 2.43. The van der Waals surface area contributed by atoms with E-state index in [2.05, 4.69) is 15.6 Å². The lowest BCUT2D eigenvalue weighted by Gasteiger charge is -2.23. The monoisotopic (exact) mass is 311 g/mol. The summed E-state index contributed by atoms with van der Waals surface area (Å²) in [5.41, 5.74) is 0.460. The minimum absolute atomic E-state index is 0.0385. The van der Waals surface area contributed by atoms with Crippen LogP contribution in [0.2, 0.25) is 0 Å². The lowest BCUT2D eigenvalue weighted by atomic mass is 10.1. The number of methoxy groups -OCH3 is 1. The van der Waals surface area contributed by atoms with Crippen LogP contribution in [-0.2, 0) is 9.47 Å². The molecule has 3 rings (SSSR count). The van der Waals surface area contributed by atoms with Crippen LogP contribution in [0, 0.1) is 0 Å². The number of carbonyl (C=O) groups is 1. The topological polar surface area (TPSA) is 72.5 Å². The first kappa shape index (κ1) is 14.7. The first-order valence-electron chi connectivity index (χ1n) is 7.39. The van der Waals surface area contributed by atoms with Gasteiger partial charge in [0.2, 0.25) is 0 Å². The van der Waals surface area contributed by atoms with Crippen molar-refractivity contribution in [3.8, 4) is 0 Å². The van der Waals surface area contributed by atoms with Gasteiger partial charge in [-0.15, -0.1) is 11.3 Å². The first-order chi connectivity index (χ1) is 10.3. The van der Waals surface area contributed by atoms with Gasteiger partial charge >= 0.3 is 0 Å². The van der Waals surface area contributed by atoms with Crippen molar-refractivity contribution in [1.82, 2.24) is 10.3 Å². The van der Waals surface area contributed by atoms with Gasteiger partial charge in [0.25, 0.3) is 5.91 Å². The molecule has 116 valence electrons. The quantitative estimate of drug-likeness (QED) is 0.801. The second-order valence-electron chi connectivity index (χ2n) is 5.54. The van der Waals surface area contributed by atoms with Gasteiger partial charge in [0.05, 0.1) is 18.8 Å². The number of nitrogens with one attached hydrogen (secondary N) is 2. The molecule has 0 bridgehead atoms. The Hall–Kier alpha value is -1.18. The standard InChI is InChI=1S/C14H21N3O3S/c1-19-7-10(12-3-2-6-20-12)16-13(18)11-8-21-14(17-11)15-9-4-5-9/h8-10,12H,2-7H2,1H3,(H,15,17)(H,16,18)/t10-,12-/m0/s1. The van der Waals surface area contributed by atoms with Gasteiger partial charge in [-0.2, -0.15) is 0 Å². The van der Waals surface area contributed by atoms with Crippen molar-refractivity contribution < 1.29 is 14.3 Å². The molecule has 6 nitrogen and oxygen atoms in total. The van der Waals surface area contributed by atoms with Crippen molar-refractivity contribution in [3.05, 3.63) is 11.1 Å². The Labute approximate surface area is 128 Å². The zero-order valence-electron chi connectivity index (χ0n) is 12.1. The smallest absolute Gasteiger partial charge is 0.271 e. The maximum atomic E-state index is 12.3. The number of hydrogen-bond acceptors (Lipinski definition) is 6. The van der Waals surface area contributed by atoms with Crippen LogP contribution in [0.5, 0.6) is 0 Å². The van der Waals surface area contributed by atoms with Gasteiger partial charge < -0.3 is 20.1 Å². The molecule has 2 N–H and O–H groups in total. The van der Waals surface area contributed by atoms with Crippen molar-refractivity contribution in [3.63, 3.8) is 0 Å². The number of anilines is 1. The summed E-state index contributed by atoms with van der Waals surface area (Å²) >= 11 is 1.47. The summed E-state index contributed by atoms with van der Waals surface area (Å²) in [6, 6.07) is 0.423. The van der Waals surface area contributed by atoms with Gasteiger partial charge in [0, 0.05) is 25.1 Å². The molecule has 7 heteroatoms. The van der Waals surface area contributed by atoms with E-state index in [4.69, 9.17) is 9.47 Å². The number of nitrogens with zero attached hydrogens (tertiary/aromatic N) is 1. The summed E-state index contributed by atoms with van der Waals surface area (Å²) < 4.78 is 10.8. The Kier molecular flexibility index (Phi) is 4.72. The molecule has 1 aromatic rings. The molecule has 0 unspecified atom stereocenters. The van der Waals surface area contributed by atoms with Gasteiger partial charge in [-0.1, -0.05) is 0 Å². The number of thiazole rings is 1. The van der Waals surface area contributed by atoms with E-state index in [1.807, 2.05) is 0 Å². The first-order valence-corrected chi connectivity index (χ1v) is 8.27. The minimum atomic E-state index is -0.160. The van der Waals surface area contributed by atoms with Crippen molar-refractivity contribution in [1.29, 1.82) is 0 Å². The Bertz CT molecular complexity index is 484. The summed E-state index contributed by atoms with van der Waals surface area (Å²) in [4.78, 5) is 16.6. The maximum Gasteiger partial charge on any atom is 0.271 e. The highest BCUT2D eigenvalue weighted by Gasteiger charge is 2.28. The normalized spacial score (nSPS) is 23.0. The fraction of sp³-hybridized carbons (Fsp3) is 0.714. The molecule has 0 spiro atoms. The molecular weight excluding hydrogens is 290 g/mol. The van der Waals surface area contributed by atoms with Crippen molar-refractivity contribution >= 4 is 22.4 Å². The Morgan fingerprint density at radius 3 is 3.10 bits per heavy atom. The second-order valence-corrected chi connectivity index (χ2v) is 6.40. The van der Waals surface area contributed by atoms with E-state index in [1.54, 1.807) is 12.5 Å². The van der Waals surface area contributed by atoms with Crippen LogP contribution >= 0.6 is 11.3 Å². The van der Waals surface area contributed by atoms with Gasteiger partial charge in [0.15, 0.2) is 5.13 Å². The molecule has 2 heterocycles. The maximum absolute atomic E-state index is 12.3. The van der Waals surface area contributed by atoms with Crippen LogP contribution in [0.15, 0.2) is 5.38 Å². The number of carbonyl (C=O) groups excluding carboxylic acids is 1. The highest BCUT2D eigenvalue weighted by Crippen LogP contribution is 2.26. The largest absolute Gasteiger partial charge is 0.382 e. The molecule has 1 saturated heterocycles. The van der Waals surface area contributed by atoms with Crippen LogP contribution < -0.4 is 10.6 Å². The lowest BCUT2D eigenvalue weighted by molar-refractivity contribution is 0.0402. The predicted molar refractivity (Wildman–Crippen MR) is 80.9 cm³/mol. The fourth-order valence-corrected chi connectivity index (χ4v) is 3.20. The highest BCUT2D eigenvalue weighted by molar-refractivity contribution is 7.13. The molecule has 0 aromatic carbocycles. The summed E-state index contributed by atoms with van der Waals surface area (Å²) in [6.07, 6.45) is 4.41. The van der Waals surface area contributed by atoms with Crippen molar-refractivity contribution in [2.24, 2.45) is 0 Å². The van der Waals surface area contributed by atoms with Crippen molar-refractivity contribution in [2.75, 3.05) is 25.6 Å². The number of rotatable bonds is 7. The number of hydrogen-bond donors (Lipinski definition) is 2. The van der Waals surface area contributed by atoms with Crippen LogP contribution in [-0.4, -0.2) is 49.4 Å². The van der Waals surface area contributed by atoms with E-state index in [0.717, 1.165) is 24.6 Å². The average Bonchev–Trinajstić information content (AvgIpc) is 2.95. The molecular formula is C14H21N3O3S. The number of ether oxygens (including phenoxy) is 2. The summed E-state index contributed by atoms with van der Waals surface area (Å²) in [6.45, 7) is 1.21. The third kappa shape index (κ3) is 3.93. The lowest BCUT2D eigenvalue weighted by Crippen LogP contribution is -2.46. The molecule has 2 atom stereocenters. The van der Waals surface area contributed by atoms with E-state index >= 15 is 0 Å². The van der Waals surface area contributed by atoms with E-state index in [9.17, 15) is 4.79 Å². The number of amides is 1. The SMILES string of the molecule is COC[C@H](NC(=O)c1csc(NC2CC2)n1)[C@@H]1CCCO1. The van der Waals surface area contributed by atoms with Crippen molar-refractivity contribution in [2.45, 2.75) is 43.9 Å². The summed E-state index contributed by atoms with van der Waals surface area (Å²) in [7, 11) is 1.63. The van der Waals surface area contributed by atoms with Crippen LogP contribution in [0.25, 0.3) is 0 Å². The number of aromatic nitrogens is 1. The molecule has 1 aromatic heterocycles. The van der Waals surface area contributed by atoms with Gasteiger partial charge in [-0.3, -0.25) is 4.79 Å². The molecule has 1 amide bonds. The molecule has 21 heavy (non-hydrogen) atoms. The Morgan fingerprint density at radius 1 is 1.57 bits per heavy atom. The van der Waals surface area contributed by atoms with Gasteiger partial charge in [-0.05, 0) is 25.7 Å². The average molecular weight is 311 g/mol. The second kappa shape index (κ2) is 6.72. The molecule has 1 saturated carbocycles.